The quantitative estimate of drug-likeness (QED) is 0.779. The Morgan fingerprint density at radius 3 is 2.81 bits per heavy atom. The first-order chi connectivity index (χ1) is 12.8. The van der Waals surface area contributed by atoms with Crippen LogP contribution in [0.3, 0.4) is 0 Å². The summed E-state index contributed by atoms with van der Waals surface area (Å²) in [6, 6.07) is 9.98. The molecule has 0 unspecified atom stereocenters. The van der Waals surface area contributed by atoms with E-state index < -0.39 is 0 Å². The highest BCUT2D eigenvalue weighted by molar-refractivity contribution is 5.55. The normalized spacial score (nSPS) is 13.8. The van der Waals surface area contributed by atoms with Crippen LogP contribution in [0.1, 0.15) is 37.6 Å². The molecule has 1 aliphatic heterocycles. The molecule has 26 heavy (non-hydrogen) atoms. The number of pyridine rings is 2. The summed E-state index contributed by atoms with van der Waals surface area (Å²) < 4.78 is 5.79. The van der Waals surface area contributed by atoms with Crippen molar-refractivity contribution in [3.8, 4) is 17.7 Å². The molecule has 3 rings (SSSR count). The van der Waals surface area contributed by atoms with E-state index >= 15 is 0 Å². The second-order valence-corrected chi connectivity index (χ2v) is 6.40. The first-order valence-corrected chi connectivity index (χ1v) is 9.22. The van der Waals surface area contributed by atoms with Crippen molar-refractivity contribution in [2.24, 2.45) is 0 Å². The van der Waals surface area contributed by atoms with Gasteiger partial charge in [-0.15, -0.1) is 0 Å². The van der Waals surface area contributed by atoms with Crippen LogP contribution in [0.5, 0.6) is 5.88 Å². The third kappa shape index (κ3) is 4.86. The molecular formula is C22H25N3O. The minimum atomic E-state index is 0.700. The lowest BCUT2D eigenvalue weighted by atomic mass is 10.0. The molecule has 1 fully saturated rings. The maximum absolute atomic E-state index is 5.79. The lowest BCUT2D eigenvalue weighted by Gasteiger charge is -2.30. The van der Waals surface area contributed by atoms with E-state index in [2.05, 4.69) is 45.8 Å². The zero-order valence-electron chi connectivity index (χ0n) is 15.5. The maximum atomic E-state index is 5.79. The van der Waals surface area contributed by atoms with Gasteiger partial charge in [0.2, 0.25) is 5.88 Å². The zero-order valence-corrected chi connectivity index (χ0v) is 15.5. The summed E-state index contributed by atoms with van der Waals surface area (Å²) >= 11 is 0. The van der Waals surface area contributed by atoms with E-state index in [0.29, 0.717) is 6.61 Å². The third-order valence-electron chi connectivity index (χ3n) is 4.31. The van der Waals surface area contributed by atoms with Crippen LogP contribution < -0.4 is 9.64 Å². The highest BCUT2D eigenvalue weighted by atomic mass is 16.5. The average Bonchev–Trinajstić information content (AvgIpc) is 2.67. The van der Waals surface area contributed by atoms with Crippen molar-refractivity contribution < 1.29 is 4.74 Å². The first kappa shape index (κ1) is 18.0. The predicted octanol–water partition coefficient (Wildman–Crippen LogP) is 4.15. The standard InChI is InChI=1S/C22H25N3O/c1-3-17-26-22-21(11-6-14-23-22)25-15-12-19(13-16-25)8-5-10-20-9-4-7-18(2)24-20/h4,6-9,11,14H,3,12-13,15-17H2,1-2H3. The molecule has 0 aliphatic carbocycles. The minimum Gasteiger partial charge on any atom is -0.476 e. The fourth-order valence-electron chi connectivity index (χ4n) is 2.94. The molecule has 0 atom stereocenters. The number of hydrogen-bond acceptors (Lipinski definition) is 4. The molecule has 1 aliphatic rings. The number of hydrogen-bond donors (Lipinski definition) is 0. The Balaban J connectivity index is 1.61. The number of rotatable bonds is 4. The van der Waals surface area contributed by atoms with E-state index in [1.165, 1.54) is 5.57 Å². The monoisotopic (exact) mass is 347 g/mol. The Hall–Kier alpha value is -2.80. The molecule has 0 N–H and O–H groups in total. The number of nitrogens with zero attached hydrogens (tertiary/aromatic N) is 3. The van der Waals surface area contributed by atoms with E-state index in [1.54, 1.807) is 6.20 Å². The predicted molar refractivity (Wildman–Crippen MR) is 105 cm³/mol. The summed E-state index contributed by atoms with van der Waals surface area (Å²) in [5.74, 6) is 7.03. The molecule has 4 nitrogen and oxygen atoms in total. The highest BCUT2D eigenvalue weighted by Crippen LogP contribution is 2.29. The molecule has 0 aromatic carbocycles. The lowest BCUT2D eigenvalue weighted by Crippen LogP contribution is -2.31. The number of aryl methyl sites for hydroxylation is 1. The van der Waals surface area contributed by atoms with E-state index in [0.717, 1.165) is 55.3 Å². The molecule has 0 radical (unpaired) electrons. The molecule has 134 valence electrons. The van der Waals surface area contributed by atoms with Crippen LogP contribution in [0.15, 0.2) is 48.2 Å². The number of piperidine rings is 1. The van der Waals surface area contributed by atoms with E-state index in [1.807, 2.05) is 31.2 Å². The topological polar surface area (TPSA) is 38.2 Å². The first-order valence-electron chi connectivity index (χ1n) is 9.22. The van der Waals surface area contributed by atoms with Gasteiger partial charge in [0.15, 0.2) is 0 Å². The summed E-state index contributed by atoms with van der Waals surface area (Å²) in [4.78, 5) is 11.2. The van der Waals surface area contributed by atoms with Gasteiger partial charge >= 0.3 is 0 Å². The van der Waals surface area contributed by atoms with Crippen molar-refractivity contribution in [1.82, 2.24) is 9.97 Å². The van der Waals surface area contributed by atoms with Gasteiger partial charge in [-0.05, 0) is 62.4 Å². The van der Waals surface area contributed by atoms with Crippen molar-refractivity contribution in [2.45, 2.75) is 33.1 Å². The van der Waals surface area contributed by atoms with Gasteiger partial charge in [0.05, 0.1) is 12.3 Å². The molecule has 3 heterocycles. The fourth-order valence-corrected chi connectivity index (χ4v) is 2.94. The Labute approximate surface area is 155 Å². The third-order valence-corrected chi connectivity index (χ3v) is 4.31. The molecule has 4 heteroatoms. The van der Waals surface area contributed by atoms with E-state index in [4.69, 9.17) is 4.74 Å². The van der Waals surface area contributed by atoms with E-state index in [9.17, 15) is 0 Å². The average molecular weight is 347 g/mol. The van der Waals surface area contributed by atoms with Crippen molar-refractivity contribution >= 4 is 5.69 Å². The van der Waals surface area contributed by atoms with Crippen LogP contribution in [0.2, 0.25) is 0 Å². The molecule has 0 bridgehead atoms. The van der Waals surface area contributed by atoms with Gasteiger partial charge in [0.1, 0.15) is 5.69 Å². The molecule has 0 amide bonds. The Morgan fingerprint density at radius 1 is 1.19 bits per heavy atom. The summed E-state index contributed by atoms with van der Waals surface area (Å²) in [5.41, 5.74) is 4.30. The number of anilines is 1. The summed E-state index contributed by atoms with van der Waals surface area (Å²) in [7, 11) is 0. The number of aromatic nitrogens is 2. The molecule has 1 saturated heterocycles. The molecule has 0 saturated carbocycles. The van der Waals surface area contributed by atoms with Crippen LogP contribution in [0.25, 0.3) is 0 Å². The summed E-state index contributed by atoms with van der Waals surface area (Å²) in [5, 5.41) is 0. The second-order valence-electron chi connectivity index (χ2n) is 6.40. The smallest absolute Gasteiger partial charge is 0.237 e. The number of allylic oxidation sites excluding steroid dienone is 1. The van der Waals surface area contributed by atoms with Crippen LogP contribution in [-0.4, -0.2) is 29.7 Å². The van der Waals surface area contributed by atoms with Crippen LogP contribution >= 0.6 is 0 Å². The van der Waals surface area contributed by atoms with Crippen molar-refractivity contribution in [2.75, 3.05) is 24.6 Å². The highest BCUT2D eigenvalue weighted by Gasteiger charge is 2.18. The number of ether oxygens (including phenoxy) is 1. The Morgan fingerprint density at radius 2 is 2.04 bits per heavy atom. The van der Waals surface area contributed by atoms with Crippen molar-refractivity contribution in [1.29, 1.82) is 0 Å². The Kier molecular flexibility index (Phi) is 6.27. The van der Waals surface area contributed by atoms with Crippen LogP contribution in [-0.2, 0) is 0 Å². The fraction of sp³-hybridized carbons (Fsp3) is 0.364. The minimum absolute atomic E-state index is 0.700. The SMILES string of the molecule is CCCOc1ncccc1N1CCC(=CC#Cc2cccc(C)n2)CC1. The lowest BCUT2D eigenvalue weighted by molar-refractivity contribution is 0.305. The summed E-state index contributed by atoms with van der Waals surface area (Å²) in [6.45, 7) is 6.71. The van der Waals surface area contributed by atoms with Gasteiger partial charge in [0, 0.05) is 25.0 Å². The molecule has 0 spiro atoms. The molecular weight excluding hydrogens is 322 g/mol. The van der Waals surface area contributed by atoms with Crippen LogP contribution in [0, 0.1) is 18.8 Å². The Bertz CT molecular complexity index is 823. The molecule has 2 aromatic heterocycles. The summed E-state index contributed by atoms with van der Waals surface area (Å²) in [6.07, 6.45) is 6.85. The van der Waals surface area contributed by atoms with Gasteiger partial charge in [-0.2, -0.15) is 0 Å². The largest absolute Gasteiger partial charge is 0.476 e. The van der Waals surface area contributed by atoms with Gasteiger partial charge in [-0.1, -0.05) is 24.5 Å². The van der Waals surface area contributed by atoms with Gasteiger partial charge in [-0.3, -0.25) is 0 Å². The van der Waals surface area contributed by atoms with Gasteiger partial charge < -0.3 is 9.64 Å². The van der Waals surface area contributed by atoms with E-state index in [-0.39, 0.29) is 0 Å². The van der Waals surface area contributed by atoms with Crippen LogP contribution in [0.4, 0.5) is 5.69 Å². The van der Waals surface area contributed by atoms with Crippen molar-refractivity contribution in [3.05, 3.63) is 59.6 Å². The second kappa shape index (κ2) is 9.05. The van der Waals surface area contributed by atoms with Gasteiger partial charge in [0.25, 0.3) is 0 Å². The molecule has 2 aromatic rings. The zero-order chi connectivity index (χ0) is 18.2. The van der Waals surface area contributed by atoms with Gasteiger partial charge in [-0.25, -0.2) is 9.97 Å². The van der Waals surface area contributed by atoms with Crippen molar-refractivity contribution in [3.63, 3.8) is 0 Å². The maximum Gasteiger partial charge on any atom is 0.237 e.